The number of methoxy groups -OCH3 is 1. The molecule has 0 amide bonds. The van der Waals surface area contributed by atoms with Crippen molar-refractivity contribution in [2.24, 2.45) is 5.73 Å². The van der Waals surface area contributed by atoms with Gasteiger partial charge in [0.2, 0.25) is 5.89 Å². The molecule has 1 aliphatic carbocycles. The molecule has 0 aliphatic heterocycles. The molecule has 0 spiro atoms. The molecule has 5 nitrogen and oxygen atoms in total. The summed E-state index contributed by atoms with van der Waals surface area (Å²) in [6.07, 6.45) is 2.82. The Morgan fingerprint density at radius 3 is 2.93 bits per heavy atom. The van der Waals surface area contributed by atoms with Crippen molar-refractivity contribution in [3.8, 4) is 0 Å². The van der Waals surface area contributed by atoms with Gasteiger partial charge < -0.3 is 15.0 Å². The Hall–Kier alpha value is -0.940. The van der Waals surface area contributed by atoms with Crippen LogP contribution in [0.2, 0.25) is 0 Å². The Balaban J connectivity index is 2.03. The van der Waals surface area contributed by atoms with Crippen molar-refractivity contribution in [2.75, 3.05) is 20.3 Å². The Morgan fingerprint density at radius 1 is 1.57 bits per heavy atom. The first kappa shape index (κ1) is 9.61. The van der Waals surface area contributed by atoms with Crippen LogP contribution in [0.5, 0.6) is 0 Å². The van der Waals surface area contributed by atoms with E-state index in [0.717, 1.165) is 12.8 Å². The zero-order valence-electron chi connectivity index (χ0n) is 8.32. The fourth-order valence-electron chi connectivity index (χ4n) is 1.42. The van der Waals surface area contributed by atoms with E-state index >= 15 is 0 Å². The molecule has 1 saturated carbocycles. The van der Waals surface area contributed by atoms with Gasteiger partial charge in [-0.3, -0.25) is 0 Å². The molecule has 1 aliphatic rings. The molecule has 14 heavy (non-hydrogen) atoms. The largest absolute Gasteiger partial charge is 0.384 e. The summed E-state index contributed by atoms with van der Waals surface area (Å²) in [5.41, 5.74) is 5.66. The minimum absolute atomic E-state index is 0.00166. The smallest absolute Gasteiger partial charge is 0.234 e. The molecule has 1 aromatic heterocycles. The second kappa shape index (κ2) is 3.67. The molecule has 2 N–H and O–H groups in total. The van der Waals surface area contributed by atoms with Crippen LogP contribution in [0.25, 0.3) is 0 Å². The van der Waals surface area contributed by atoms with Crippen molar-refractivity contribution >= 4 is 0 Å². The van der Waals surface area contributed by atoms with E-state index in [2.05, 4.69) is 10.1 Å². The molecule has 78 valence electrons. The van der Waals surface area contributed by atoms with Crippen molar-refractivity contribution in [2.45, 2.75) is 24.7 Å². The predicted molar refractivity (Wildman–Crippen MR) is 49.8 cm³/mol. The highest BCUT2D eigenvalue weighted by Gasteiger charge is 2.48. The molecule has 5 heteroatoms. The van der Waals surface area contributed by atoms with Crippen LogP contribution in [-0.2, 0) is 16.6 Å². The quantitative estimate of drug-likeness (QED) is 0.732. The van der Waals surface area contributed by atoms with Crippen LogP contribution in [0.3, 0.4) is 0 Å². The van der Waals surface area contributed by atoms with Crippen molar-refractivity contribution in [1.82, 2.24) is 10.1 Å². The lowest BCUT2D eigenvalue weighted by Crippen LogP contribution is -2.20. The highest BCUT2D eigenvalue weighted by Crippen LogP contribution is 2.46. The van der Waals surface area contributed by atoms with Crippen molar-refractivity contribution < 1.29 is 9.26 Å². The van der Waals surface area contributed by atoms with E-state index < -0.39 is 0 Å². The van der Waals surface area contributed by atoms with E-state index in [1.165, 1.54) is 0 Å². The highest BCUT2D eigenvalue weighted by atomic mass is 16.5. The van der Waals surface area contributed by atoms with Gasteiger partial charge in [0.1, 0.15) is 0 Å². The lowest BCUT2D eigenvalue weighted by molar-refractivity contribution is 0.199. The first-order valence-corrected chi connectivity index (χ1v) is 4.83. The van der Waals surface area contributed by atoms with Crippen molar-refractivity contribution in [3.05, 3.63) is 11.7 Å². The van der Waals surface area contributed by atoms with E-state index in [-0.39, 0.29) is 5.41 Å². The van der Waals surface area contributed by atoms with Crippen LogP contribution in [-0.4, -0.2) is 30.4 Å². The van der Waals surface area contributed by atoms with Gasteiger partial charge in [-0.15, -0.1) is 0 Å². The maximum absolute atomic E-state index is 5.66. The first-order chi connectivity index (χ1) is 6.80. The Bertz CT molecular complexity index is 307. The summed E-state index contributed by atoms with van der Waals surface area (Å²) < 4.78 is 10.1. The number of rotatable bonds is 5. The molecule has 1 fully saturated rings. The van der Waals surface area contributed by atoms with Gasteiger partial charge in [-0.1, -0.05) is 5.16 Å². The topological polar surface area (TPSA) is 74.2 Å². The number of hydrogen-bond acceptors (Lipinski definition) is 5. The summed E-state index contributed by atoms with van der Waals surface area (Å²) in [4.78, 5) is 4.31. The maximum Gasteiger partial charge on any atom is 0.234 e. The van der Waals surface area contributed by atoms with Crippen LogP contribution in [0.1, 0.15) is 24.6 Å². The van der Waals surface area contributed by atoms with Gasteiger partial charge in [0.15, 0.2) is 5.82 Å². The summed E-state index contributed by atoms with van der Waals surface area (Å²) in [5, 5.41) is 3.89. The minimum atomic E-state index is -0.00166. The molecule has 0 bridgehead atoms. The third-order valence-corrected chi connectivity index (χ3v) is 2.70. The van der Waals surface area contributed by atoms with Crippen LogP contribution in [0.4, 0.5) is 0 Å². The number of hydrogen-bond donors (Lipinski definition) is 1. The highest BCUT2D eigenvalue weighted by molar-refractivity contribution is 5.16. The average Bonchev–Trinajstić information content (AvgIpc) is 2.88. The Morgan fingerprint density at radius 2 is 2.36 bits per heavy atom. The van der Waals surface area contributed by atoms with E-state index in [1.54, 1.807) is 7.11 Å². The molecular weight excluding hydrogens is 182 g/mol. The summed E-state index contributed by atoms with van der Waals surface area (Å²) in [7, 11) is 1.66. The molecule has 1 heterocycles. The first-order valence-electron chi connectivity index (χ1n) is 4.83. The van der Waals surface area contributed by atoms with Gasteiger partial charge in [0.05, 0.1) is 12.0 Å². The van der Waals surface area contributed by atoms with Gasteiger partial charge in [-0.05, 0) is 12.8 Å². The monoisotopic (exact) mass is 197 g/mol. The third-order valence-electron chi connectivity index (χ3n) is 2.70. The fourth-order valence-corrected chi connectivity index (χ4v) is 1.42. The maximum atomic E-state index is 5.66. The Kier molecular flexibility index (Phi) is 2.52. The van der Waals surface area contributed by atoms with Gasteiger partial charge in [-0.2, -0.15) is 4.98 Å². The normalized spacial score (nSPS) is 18.4. The van der Waals surface area contributed by atoms with E-state index in [0.29, 0.717) is 31.3 Å². The molecular formula is C9H15N3O2. The third kappa shape index (κ3) is 1.65. The lowest BCUT2D eigenvalue weighted by Gasteiger charge is -2.03. The SMILES string of the molecule is COCCc1noc(C2(CN)CC2)n1. The van der Waals surface area contributed by atoms with Gasteiger partial charge >= 0.3 is 0 Å². The van der Waals surface area contributed by atoms with Gasteiger partial charge in [0, 0.05) is 20.1 Å². The molecule has 2 rings (SSSR count). The molecule has 1 aromatic rings. The predicted octanol–water partition coefficient (Wildman–Crippen LogP) is 0.249. The summed E-state index contributed by atoms with van der Waals surface area (Å²) in [5.74, 6) is 1.41. The summed E-state index contributed by atoms with van der Waals surface area (Å²) in [6, 6.07) is 0. The summed E-state index contributed by atoms with van der Waals surface area (Å²) in [6.45, 7) is 1.22. The van der Waals surface area contributed by atoms with E-state index in [9.17, 15) is 0 Å². The number of ether oxygens (including phenoxy) is 1. The van der Waals surface area contributed by atoms with Crippen molar-refractivity contribution in [1.29, 1.82) is 0 Å². The average molecular weight is 197 g/mol. The second-order valence-corrected chi connectivity index (χ2v) is 3.74. The van der Waals surface area contributed by atoms with Gasteiger partial charge in [0.25, 0.3) is 0 Å². The number of aromatic nitrogens is 2. The summed E-state index contributed by atoms with van der Waals surface area (Å²) >= 11 is 0. The van der Waals surface area contributed by atoms with Gasteiger partial charge in [-0.25, -0.2) is 0 Å². The van der Waals surface area contributed by atoms with E-state index in [4.69, 9.17) is 15.0 Å². The van der Waals surface area contributed by atoms with Crippen molar-refractivity contribution in [3.63, 3.8) is 0 Å². The van der Waals surface area contributed by atoms with Crippen LogP contribution >= 0.6 is 0 Å². The lowest BCUT2D eigenvalue weighted by atomic mass is 10.1. The van der Waals surface area contributed by atoms with Crippen LogP contribution in [0, 0.1) is 0 Å². The number of nitrogens with two attached hydrogens (primary N) is 1. The Labute approximate surface area is 82.6 Å². The van der Waals surface area contributed by atoms with Crippen LogP contribution in [0.15, 0.2) is 4.52 Å². The zero-order valence-corrected chi connectivity index (χ0v) is 8.32. The second-order valence-electron chi connectivity index (χ2n) is 3.74. The fraction of sp³-hybridized carbons (Fsp3) is 0.778. The number of nitrogens with zero attached hydrogens (tertiary/aromatic N) is 2. The standard InChI is InChI=1S/C9H15N3O2/c1-13-5-2-7-11-8(14-12-7)9(6-10)3-4-9/h2-6,10H2,1H3. The molecule has 0 radical (unpaired) electrons. The molecule has 0 atom stereocenters. The zero-order chi connectivity index (χ0) is 10.0. The molecule has 0 unspecified atom stereocenters. The van der Waals surface area contributed by atoms with E-state index in [1.807, 2.05) is 0 Å². The minimum Gasteiger partial charge on any atom is -0.384 e. The van der Waals surface area contributed by atoms with Crippen LogP contribution < -0.4 is 5.73 Å². The molecule has 0 saturated heterocycles. The molecule has 0 aromatic carbocycles.